The van der Waals surface area contributed by atoms with Crippen LogP contribution in [0.25, 0.3) is 0 Å². The highest BCUT2D eigenvalue weighted by Crippen LogP contribution is 2.33. The predicted molar refractivity (Wildman–Crippen MR) is 112 cm³/mol. The number of carbonyl (C=O) groups excluding carboxylic acids is 1. The molecule has 140 valence electrons. The van der Waals surface area contributed by atoms with Crippen molar-refractivity contribution in [2.75, 3.05) is 11.9 Å². The van der Waals surface area contributed by atoms with Crippen molar-refractivity contribution >= 4 is 28.9 Å². The lowest BCUT2D eigenvalue weighted by Gasteiger charge is -2.31. The summed E-state index contributed by atoms with van der Waals surface area (Å²) in [5, 5.41) is 9.72. The van der Waals surface area contributed by atoms with E-state index in [1.54, 1.807) is 0 Å². The lowest BCUT2D eigenvalue weighted by atomic mass is 9.94. The van der Waals surface area contributed by atoms with E-state index in [1.165, 1.54) is 0 Å². The molecule has 0 spiro atoms. The van der Waals surface area contributed by atoms with Crippen molar-refractivity contribution in [3.8, 4) is 5.75 Å². The first-order valence-electron chi connectivity index (χ1n) is 8.96. The number of para-hydroxylation sites is 2. The number of thiocarbonyl (C=S) groups is 1. The summed E-state index contributed by atoms with van der Waals surface area (Å²) in [6.45, 7) is 4.53. The first-order valence-corrected chi connectivity index (χ1v) is 9.37. The molecule has 1 aliphatic rings. The summed E-state index contributed by atoms with van der Waals surface area (Å²) >= 11 is 5.33. The highest BCUT2D eigenvalue weighted by atomic mass is 32.1. The van der Waals surface area contributed by atoms with Crippen molar-refractivity contribution in [2.24, 2.45) is 0 Å². The van der Waals surface area contributed by atoms with Crippen molar-refractivity contribution in [3.63, 3.8) is 0 Å². The van der Waals surface area contributed by atoms with E-state index in [0.717, 1.165) is 29.1 Å². The molecule has 0 saturated heterocycles. The first-order chi connectivity index (χ1) is 13.1. The van der Waals surface area contributed by atoms with E-state index in [0.29, 0.717) is 17.3 Å². The standard InChI is InChI=1S/C21H23N3O2S/c1-3-13-26-17-12-8-7-11-16(17)19-18(14(2)22-21(27)24-19)20(25)23-15-9-5-4-6-10-15/h4-12,19H,3,13H2,1-2H3,(H,23,25)(H2,22,24,27)/t19-/m1/s1. The maximum atomic E-state index is 13.1. The summed E-state index contributed by atoms with van der Waals surface area (Å²) in [6.07, 6.45) is 0.905. The van der Waals surface area contributed by atoms with E-state index in [1.807, 2.05) is 61.5 Å². The molecule has 2 aromatic rings. The highest BCUT2D eigenvalue weighted by Gasteiger charge is 2.31. The Kier molecular flexibility index (Phi) is 6.08. The van der Waals surface area contributed by atoms with E-state index in [9.17, 15) is 4.79 Å². The Morgan fingerprint density at radius 2 is 1.85 bits per heavy atom. The van der Waals surface area contributed by atoms with Crippen LogP contribution >= 0.6 is 12.2 Å². The minimum Gasteiger partial charge on any atom is -0.493 e. The van der Waals surface area contributed by atoms with E-state index in [2.05, 4.69) is 22.9 Å². The molecular weight excluding hydrogens is 358 g/mol. The number of allylic oxidation sites excluding steroid dienone is 1. The molecule has 5 nitrogen and oxygen atoms in total. The van der Waals surface area contributed by atoms with Crippen LogP contribution in [0.1, 0.15) is 31.9 Å². The number of nitrogens with one attached hydrogen (secondary N) is 3. The average molecular weight is 382 g/mol. The SMILES string of the molecule is CCCOc1ccccc1[C@H]1NC(=S)NC(C)=C1C(=O)Nc1ccccc1. The lowest BCUT2D eigenvalue weighted by Crippen LogP contribution is -2.45. The van der Waals surface area contributed by atoms with Gasteiger partial charge >= 0.3 is 0 Å². The minimum absolute atomic E-state index is 0.184. The maximum absolute atomic E-state index is 13.1. The Hall–Kier alpha value is -2.86. The van der Waals surface area contributed by atoms with Crippen LogP contribution in [0.4, 0.5) is 5.69 Å². The van der Waals surface area contributed by atoms with Crippen molar-refractivity contribution in [1.82, 2.24) is 10.6 Å². The molecule has 1 heterocycles. The molecule has 0 bridgehead atoms. The fraction of sp³-hybridized carbons (Fsp3) is 0.238. The summed E-state index contributed by atoms with van der Waals surface area (Å²) in [5.41, 5.74) is 2.93. The van der Waals surface area contributed by atoms with Gasteiger partial charge in [-0.25, -0.2) is 0 Å². The summed E-state index contributed by atoms with van der Waals surface area (Å²) in [5.74, 6) is 0.566. The third-order valence-corrected chi connectivity index (χ3v) is 4.46. The van der Waals surface area contributed by atoms with Crippen LogP contribution in [0.15, 0.2) is 65.9 Å². The molecule has 3 N–H and O–H groups in total. The quantitative estimate of drug-likeness (QED) is 0.663. The molecule has 3 rings (SSSR count). The molecule has 2 aromatic carbocycles. The number of hydrogen-bond acceptors (Lipinski definition) is 3. The monoisotopic (exact) mass is 381 g/mol. The highest BCUT2D eigenvalue weighted by molar-refractivity contribution is 7.80. The van der Waals surface area contributed by atoms with Gasteiger partial charge in [-0.2, -0.15) is 0 Å². The molecule has 1 aliphatic heterocycles. The fourth-order valence-electron chi connectivity index (χ4n) is 3.01. The summed E-state index contributed by atoms with van der Waals surface area (Å²) < 4.78 is 5.90. The smallest absolute Gasteiger partial charge is 0.255 e. The molecule has 0 unspecified atom stereocenters. The van der Waals surface area contributed by atoms with Gasteiger partial charge in [0.25, 0.3) is 5.91 Å². The van der Waals surface area contributed by atoms with E-state index >= 15 is 0 Å². The van der Waals surface area contributed by atoms with Crippen molar-refractivity contribution < 1.29 is 9.53 Å². The van der Waals surface area contributed by atoms with E-state index in [-0.39, 0.29) is 5.91 Å². The molecule has 6 heteroatoms. The minimum atomic E-state index is -0.393. The number of amides is 1. The second-order valence-electron chi connectivity index (χ2n) is 6.28. The van der Waals surface area contributed by atoms with Crippen LogP contribution in [0.3, 0.4) is 0 Å². The Labute approximate surface area is 164 Å². The van der Waals surface area contributed by atoms with Crippen LogP contribution in [0.2, 0.25) is 0 Å². The van der Waals surface area contributed by atoms with Gasteiger partial charge in [0.15, 0.2) is 5.11 Å². The predicted octanol–water partition coefficient (Wildman–Crippen LogP) is 3.91. The van der Waals surface area contributed by atoms with Crippen LogP contribution in [-0.4, -0.2) is 17.6 Å². The summed E-state index contributed by atoms with van der Waals surface area (Å²) in [4.78, 5) is 13.1. The third kappa shape index (κ3) is 4.46. The zero-order chi connectivity index (χ0) is 19.2. The number of carbonyl (C=O) groups is 1. The van der Waals surface area contributed by atoms with Crippen LogP contribution in [-0.2, 0) is 4.79 Å². The summed E-state index contributed by atoms with van der Waals surface area (Å²) in [7, 11) is 0. The normalized spacial score (nSPS) is 16.4. The van der Waals surface area contributed by atoms with Crippen molar-refractivity contribution in [2.45, 2.75) is 26.3 Å². The number of rotatable bonds is 6. The second kappa shape index (κ2) is 8.68. The van der Waals surface area contributed by atoms with Crippen LogP contribution < -0.4 is 20.7 Å². The van der Waals surface area contributed by atoms with Gasteiger partial charge < -0.3 is 20.7 Å². The maximum Gasteiger partial charge on any atom is 0.255 e. The van der Waals surface area contributed by atoms with Gasteiger partial charge in [-0.15, -0.1) is 0 Å². The molecule has 27 heavy (non-hydrogen) atoms. The number of hydrogen-bond donors (Lipinski definition) is 3. The molecule has 0 radical (unpaired) electrons. The largest absolute Gasteiger partial charge is 0.493 e. The average Bonchev–Trinajstić information content (AvgIpc) is 2.66. The number of benzene rings is 2. The van der Waals surface area contributed by atoms with Gasteiger partial charge in [0, 0.05) is 16.9 Å². The van der Waals surface area contributed by atoms with E-state index < -0.39 is 6.04 Å². The summed E-state index contributed by atoms with van der Waals surface area (Å²) in [6, 6.07) is 16.7. The Morgan fingerprint density at radius 3 is 2.59 bits per heavy atom. The molecule has 0 saturated carbocycles. The Balaban J connectivity index is 1.96. The lowest BCUT2D eigenvalue weighted by molar-refractivity contribution is -0.113. The van der Waals surface area contributed by atoms with Gasteiger partial charge in [-0.3, -0.25) is 4.79 Å². The molecule has 1 atom stereocenters. The van der Waals surface area contributed by atoms with Crippen molar-refractivity contribution in [1.29, 1.82) is 0 Å². The van der Waals surface area contributed by atoms with Gasteiger partial charge in [0.05, 0.1) is 18.2 Å². The van der Waals surface area contributed by atoms with Crippen LogP contribution in [0.5, 0.6) is 5.75 Å². The zero-order valence-electron chi connectivity index (χ0n) is 15.4. The topological polar surface area (TPSA) is 62.4 Å². The van der Waals surface area contributed by atoms with Gasteiger partial charge in [0.1, 0.15) is 5.75 Å². The Bertz CT molecular complexity index is 865. The van der Waals surface area contributed by atoms with E-state index in [4.69, 9.17) is 17.0 Å². The third-order valence-electron chi connectivity index (χ3n) is 4.24. The molecule has 1 amide bonds. The fourth-order valence-corrected chi connectivity index (χ4v) is 3.28. The number of anilines is 1. The molecule has 0 fully saturated rings. The first kappa shape index (κ1) is 18.9. The second-order valence-corrected chi connectivity index (χ2v) is 6.68. The molecule has 0 aromatic heterocycles. The number of ether oxygens (including phenoxy) is 1. The molecular formula is C21H23N3O2S. The molecule has 0 aliphatic carbocycles. The van der Waals surface area contributed by atoms with Gasteiger partial charge in [-0.05, 0) is 43.8 Å². The Morgan fingerprint density at radius 1 is 1.15 bits per heavy atom. The van der Waals surface area contributed by atoms with Crippen LogP contribution in [0, 0.1) is 0 Å². The van der Waals surface area contributed by atoms with Gasteiger partial charge in [0.2, 0.25) is 0 Å². The van der Waals surface area contributed by atoms with Gasteiger partial charge in [-0.1, -0.05) is 43.3 Å². The van der Waals surface area contributed by atoms with Crippen molar-refractivity contribution in [3.05, 3.63) is 71.4 Å². The zero-order valence-corrected chi connectivity index (χ0v) is 16.2.